The van der Waals surface area contributed by atoms with Gasteiger partial charge in [-0.1, -0.05) is 24.3 Å². The molecule has 1 aliphatic carbocycles. The molecule has 0 saturated heterocycles. The summed E-state index contributed by atoms with van der Waals surface area (Å²) in [6.45, 7) is 2.53. The van der Waals surface area contributed by atoms with E-state index in [1.54, 1.807) is 0 Å². The van der Waals surface area contributed by atoms with Gasteiger partial charge >= 0.3 is 6.03 Å². The molecule has 1 aromatic carbocycles. The summed E-state index contributed by atoms with van der Waals surface area (Å²) in [5.41, 5.74) is 12.5. The van der Waals surface area contributed by atoms with Crippen LogP contribution in [-0.2, 0) is 15.1 Å². The minimum absolute atomic E-state index is 0.0460. The number of aliphatic imine (C=N–C) groups is 1. The molecule has 146 valence electrons. The van der Waals surface area contributed by atoms with Gasteiger partial charge in [-0.3, -0.25) is 4.79 Å². The topological polar surface area (TPSA) is 120 Å². The summed E-state index contributed by atoms with van der Waals surface area (Å²) in [6, 6.07) is 7.03. The molecule has 2 bridgehead atoms. The van der Waals surface area contributed by atoms with Crippen LogP contribution in [0.5, 0.6) is 0 Å². The van der Waals surface area contributed by atoms with E-state index in [2.05, 4.69) is 5.32 Å². The van der Waals surface area contributed by atoms with Crippen molar-refractivity contribution in [3.63, 3.8) is 0 Å². The number of nitrogens with one attached hydrogen (secondary N) is 1. The number of rotatable bonds is 7. The third kappa shape index (κ3) is 3.98. The van der Waals surface area contributed by atoms with Gasteiger partial charge < -0.3 is 21.5 Å². The second-order valence-electron chi connectivity index (χ2n) is 7.38. The molecule has 0 aromatic heterocycles. The molecule has 0 spiro atoms. The zero-order chi connectivity index (χ0) is 19.4. The number of carbonyl (C=O) groups is 2. The SMILES string of the molecule is Cc1ccccc1C12CCCC(OC(C(N)CCCCNC(N)=O)=N1)C2=O. The largest absolute Gasteiger partial charge is 0.468 e. The average molecular weight is 372 g/mol. The van der Waals surface area contributed by atoms with Gasteiger partial charge in [0.1, 0.15) is 0 Å². The first-order chi connectivity index (χ1) is 12.9. The van der Waals surface area contributed by atoms with E-state index < -0.39 is 17.7 Å². The van der Waals surface area contributed by atoms with Crippen LogP contribution in [0, 0.1) is 6.92 Å². The number of hydrogen-bond donors (Lipinski definition) is 3. The Morgan fingerprint density at radius 1 is 1.41 bits per heavy atom. The summed E-state index contributed by atoms with van der Waals surface area (Å²) in [5, 5.41) is 2.56. The second kappa shape index (κ2) is 8.08. The number of ether oxygens (including phenoxy) is 1. The Kier molecular flexibility index (Phi) is 5.79. The molecule has 1 fully saturated rings. The van der Waals surface area contributed by atoms with Gasteiger partial charge in [-0.25, -0.2) is 9.79 Å². The van der Waals surface area contributed by atoms with Gasteiger partial charge in [-0.15, -0.1) is 0 Å². The third-order valence-corrected chi connectivity index (χ3v) is 5.42. The molecular formula is C20H28N4O3. The lowest BCUT2D eigenvalue weighted by Gasteiger charge is -2.42. The zero-order valence-electron chi connectivity index (χ0n) is 15.7. The first-order valence-corrected chi connectivity index (χ1v) is 9.60. The number of ketones is 1. The molecule has 27 heavy (non-hydrogen) atoms. The molecule has 0 radical (unpaired) electrons. The summed E-state index contributed by atoms with van der Waals surface area (Å²) in [7, 11) is 0. The summed E-state index contributed by atoms with van der Waals surface area (Å²) in [6.07, 6.45) is 4.08. The van der Waals surface area contributed by atoms with Crippen LogP contribution in [0.25, 0.3) is 0 Å². The van der Waals surface area contributed by atoms with Crippen LogP contribution >= 0.6 is 0 Å². The Bertz CT molecular complexity index is 748. The number of primary amides is 1. The molecule has 1 aliphatic heterocycles. The molecule has 7 nitrogen and oxygen atoms in total. The highest BCUT2D eigenvalue weighted by Crippen LogP contribution is 2.43. The first kappa shape index (κ1) is 19.4. The maximum Gasteiger partial charge on any atom is 0.312 e. The molecule has 2 aliphatic rings. The van der Waals surface area contributed by atoms with Gasteiger partial charge in [-0.2, -0.15) is 0 Å². The van der Waals surface area contributed by atoms with Crippen molar-refractivity contribution < 1.29 is 14.3 Å². The normalized spacial score (nSPS) is 25.3. The quantitative estimate of drug-likeness (QED) is 0.633. The fourth-order valence-electron chi connectivity index (χ4n) is 4.01. The van der Waals surface area contributed by atoms with E-state index in [1.807, 2.05) is 31.2 Å². The number of Topliss-reactive ketones (excluding diaryl/α,β-unsaturated/α-hetero) is 1. The standard InChI is InChI=1S/C20H28N4O3/c1-13-7-2-3-8-14(13)20-11-6-10-16(17(20)25)27-18(24-20)15(21)9-4-5-12-23-19(22)26/h2-3,7-8,15-16H,4-6,9-12,21H2,1H3,(H3,22,23,26). The molecule has 5 N–H and O–H groups in total. The van der Waals surface area contributed by atoms with E-state index in [1.165, 1.54) is 0 Å². The Labute approximate surface area is 159 Å². The summed E-state index contributed by atoms with van der Waals surface area (Å²) in [4.78, 5) is 28.6. The van der Waals surface area contributed by atoms with E-state index in [-0.39, 0.29) is 11.8 Å². The highest BCUT2D eigenvalue weighted by atomic mass is 16.5. The van der Waals surface area contributed by atoms with Gasteiger partial charge in [0.25, 0.3) is 0 Å². The van der Waals surface area contributed by atoms with Crippen molar-refractivity contribution >= 4 is 17.7 Å². The summed E-state index contributed by atoms with van der Waals surface area (Å²) < 4.78 is 5.90. The Morgan fingerprint density at radius 3 is 2.93 bits per heavy atom. The lowest BCUT2D eigenvalue weighted by Crippen LogP contribution is -2.54. The number of unbranched alkanes of at least 4 members (excludes halogenated alkanes) is 1. The number of hydrogen-bond acceptors (Lipinski definition) is 5. The third-order valence-electron chi connectivity index (χ3n) is 5.42. The molecule has 3 atom stereocenters. The minimum Gasteiger partial charge on any atom is -0.468 e. The number of amides is 2. The predicted molar refractivity (Wildman–Crippen MR) is 103 cm³/mol. The number of nitrogens with two attached hydrogens (primary N) is 2. The maximum atomic E-state index is 13.1. The fraction of sp³-hybridized carbons (Fsp3) is 0.550. The van der Waals surface area contributed by atoms with Gasteiger partial charge in [-0.05, 0) is 56.6 Å². The van der Waals surface area contributed by atoms with Crippen LogP contribution in [0.4, 0.5) is 4.79 Å². The van der Waals surface area contributed by atoms with Crippen molar-refractivity contribution in [3.8, 4) is 0 Å². The number of fused-ring (bicyclic) bond motifs is 2. The maximum absolute atomic E-state index is 13.1. The average Bonchev–Trinajstić information content (AvgIpc) is 2.61. The van der Waals surface area contributed by atoms with Crippen LogP contribution in [0.1, 0.15) is 49.7 Å². The van der Waals surface area contributed by atoms with Crippen molar-refractivity contribution in [1.29, 1.82) is 0 Å². The predicted octanol–water partition coefficient (Wildman–Crippen LogP) is 1.91. The number of benzene rings is 1. The second-order valence-corrected chi connectivity index (χ2v) is 7.38. The highest BCUT2D eigenvalue weighted by molar-refractivity contribution is 6.01. The summed E-state index contributed by atoms with van der Waals surface area (Å²) in [5.74, 6) is 0.523. The number of aryl methyl sites for hydroxylation is 1. The van der Waals surface area contributed by atoms with Gasteiger partial charge in [0.2, 0.25) is 11.7 Å². The molecular weight excluding hydrogens is 344 g/mol. The number of carbonyl (C=O) groups excluding carboxylic acids is 2. The van der Waals surface area contributed by atoms with Crippen molar-refractivity contribution in [1.82, 2.24) is 5.32 Å². The van der Waals surface area contributed by atoms with E-state index in [0.29, 0.717) is 31.7 Å². The van der Waals surface area contributed by atoms with Gasteiger partial charge in [0, 0.05) is 6.54 Å². The monoisotopic (exact) mass is 372 g/mol. The zero-order valence-corrected chi connectivity index (χ0v) is 15.7. The molecule has 3 rings (SSSR count). The Balaban J connectivity index is 1.78. The van der Waals surface area contributed by atoms with Crippen molar-refractivity contribution in [2.75, 3.05) is 6.54 Å². The fourth-order valence-corrected chi connectivity index (χ4v) is 4.01. The molecule has 7 heteroatoms. The van der Waals surface area contributed by atoms with Crippen LogP contribution < -0.4 is 16.8 Å². The van der Waals surface area contributed by atoms with Crippen molar-refractivity contribution in [2.24, 2.45) is 16.5 Å². The lowest BCUT2D eigenvalue weighted by molar-refractivity contribution is -0.137. The first-order valence-electron chi connectivity index (χ1n) is 9.60. The molecule has 1 saturated carbocycles. The van der Waals surface area contributed by atoms with E-state index in [9.17, 15) is 9.59 Å². The van der Waals surface area contributed by atoms with Crippen LogP contribution in [-0.4, -0.2) is 36.4 Å². The van der Waals surface area contributed by atoms with Crippen LogP contribution in [0.15, 0.2) is 29.3 Å². The van der Waals surface area contributed by atoms with Crippen LogP contribution in [0.3, 0.4) is 0 Å². The van der Waals surface area contributed by atoms with Crippen molar-refractivity contribution in [2.45, 2.75) is 63.1 Å². The Hall–Kier alpha value is -2.41. The van der Waals surface area contributed by atoms with Crippen LogP contribution in [0.2, 0.25) is 0 Å². The molecule has 1 heterocycles. The van der Waals surface area contributed by atoms with Gasteiger partial charge in [0.05, 0.1) is 6.04 Å². The van der Waals surface area contributed by atoms with E-state index >= 15 is 0 Å². The van der Waals surface area contributed by atoms with E-state index in [4.69, 9.17) is 21.2 Å². The summed E-state index contributed by atoms with van der Waals surface area (Å²) >= 11 is 0. The minimum atomic E-state index is -0.868. The number of urea groups is 1. The molecule has 3 unspecified atom stereocenters. The highest BCUT2D eigenvalue weighted by Gasteiger charge is 2.51. The lowest BCUT2D eigenvalue weighted by atomic mass is 9.72. The number of nitrogens with zero attached hydrogens (tertiary/aromatic N) is 1. The Morgan fingerprint density at radius 2 is 2.19 bits per heavy atom. The van der Waals surface area contributed by atoms with Gasteiger partial charge in [0.15, 0.2) is 11.6 Å². The molecule has 2 amide bonds. The smallest absolute Gasteiger partial charge is 0.312 e. The van der Waals surface area contributed by atoms with Crippen molar-refractivity contribution in [3.05, 3.63) is 35.4 Å². The van der Waals surface area contributed by atoms with E-state index in [0.717, 1.165) is 30.4 Å². The molecule has 1 aromatic rings.